The van der Waals surface area contributed by atoms with Gasteiger partial charge in [0.1, 0.15) is 23.4 Å². The Morgan fingerprint density at radius 3 is 2.21 bits per heavy atom. The number of hydrogen-bond donors (Lipinski definition) is 3. The summed E-state index contributed by atoms with van der Waals surface area (Å²) in [5.74, 6) is 1.44. The molecule has 0 aliphatic carbocycles. The Bertz CT molecular complexity index is 1180. The summed E-state index contributed by atoms with van der Waals surface area (Å²) < 4.78 is 5.36. The molecule has 0 spiro atoms. The number of nitrogens with zero attached hydrogens (tertiary/aromatic N) is 1. The lowest BCUT2D eigenvalue weighted by atomic mass is 10.00. The molecule has 2 unspecified atom stereocenters. The Morgan fingerprint density at radius 2 is 1.68 bits per heavy atom. The number of rotatable bonds is 10. The van der Waals surface area contributed by atoms with Crippen LogP contribution < -0.4 is 10.6 Å². The Morgan fingerprint density at radius 1 is 1.05 bits per heavy atom. The van der Waals surface area contributed by atoms with Crippen LogP contribution in [0.2, 0.25) is 0 Å². The number of amides is 3. The maximum absolute atomic E-state index is 13.9. The van der Waals surface area contributed by atoms with Crippen molar-refractivity contribution in [3.8, 4) is 30.6 Å². The Hall–Kier alpha value is -4.43. The Kier molecular flexibility index (Phi) is 10.8. The van der Waals surface area contributed by atoms with Crippen LogP contribution in [-0.4, -0.2) is 46.1 Å². The number of alkyl carbamates (subject to hydrolysis) is 1. The third-order valence-electron chi connectivity index (χ3n) is 5.47. The maximum atomic E-state index is 13.9. The number of aromatic hydroxyl groups is 1. The first-order valence-corrected chi connectivity index (χ1v) is 12.4. The molecule has 0 fully saturated rings. The first-order chi connectivity index (χ1) is 18.0. The molecule has 2 aromatic carbocycles. The fourth-order valence-electron chi connectivity index (χ4n) is 3.62. The summed E-state index contributed by atoms with van der Waals surface area (Å²) in [6.45, 7) is 7.51. The van der Waals surface area contributed by atoms with Gasteiger partial charge < -0.3 is 20.5 Å². The molecule has 0 radical (unpaired) electrons. The van der Waals surface area contributed by atoms with Crippen molar-refractivity contribution in [1.29, 1.82) is 0 Å². The SMILES string of the molecule is C#Cc1ccc(C(C(=O)NCCCC)N(C#C)C(=O)C(Cc2ccc(O)cc2)NC(=O)OC(C)(C)C)cc1. The number of hydrogen-bond acceptors (Lipinski definition) is 5. The average molecular weight is 518 g/mol. The van der Waals surface area contributed by atoms with E-state index in [4.69, 9.17) is 17.6 Å². The van der Waals surface area contributed by atoms with E-state index in [-0.39, 0.29) is 12.2 Å². The number of benzene rings is 2. The molecule has 200 valence electrons. The highest BCUT2D eigenvalue weighted by atomic mass is 16.6. The van der Waals surface area contributed by atoms with Gasteiger partial charge in [-0.25, -0.2) is 4.79 Å². The number of nitrogens with one attached hydrogen (secondary N) is 2. The summed E-state index contributed by atoms with van der Waals surface area (Å²) in [6.07, 6.45) is 12.1. The smallest absolute Gasteiger partial charge is 0.408 e. The summed E-state index contributed by atoms with van der Waals surface area (Å²) in [6, 6.07) is 12.8. The van der Waals surface area contributed by atoms with E-state index in [2.05, 4.69) is 22.6 Å². The number of phenols is 1. The van der Waals surface area contributed by atoms with Crippen LogP contribution in [0.25, 0.3) is 0 Å². The van der Waals surface area contributed by atoms with Gasteiger partial charge in [-0.1, -0.05) is 50.0 Å². The highest BCUT2D eigenvalue weighted by Gasteiger charge is 2.36. The zero-order chi connectivity index (χ0) is 28.3. The summed E-state index contributed by atoms with van der Waals surface area (Å²) in [7, 11) is 0. The van der Waals surface area contributed by atoms with E-state index in [0.29, 0.717) is 23.2 Å². The summed E-state index contributed by atoms with van der Waals surface area (Å²) >= 11 is 0. The molecule has 0 saturated carbocycles. The maximum Gasteiger partial charge on any atom is 0.408 e. The van der Waals surface area contributed by atoms with E-state index < -0.39 is 35.6 Å². The Balaban J connectivity index is 2.47. The zero-order valence-corrected chi connectivity index (χ0v) is 22.3. The normalized spacial score (nSPS) is 12.3. The standard InChI is InChI=1S/C30H35N3O5/c1-7-10-19-31-27(35)26(23-15-11-21(8-2)12-16-23)33(9-3)28(36)25(32-29(37)38-30(4,5)6)20-22-13-17-24(34)18-14-22/h2-3,11-18,25-26,34H,7,10,19-20H2,1,4-6H3,(H,31,35)(H,32,37). The molecule has 0 saturated heterocycles. The summed E-state index contributed by atoms with van der Waals surface area (Å²) in [5, 5.41) is 15.1. The summed E-state index contributed by atoms with van der Waals surface area (Å²) in [4.78, 5) is 40.8. The lowest BCUT2D eigenvalue weighted by Gasteiger charge is -2.30. The van der Waals surface area contributed by atoms with Gasteiger partial charge in [-0.3, -0.25) is 14.5 Å². The highest BCUT2D eigenvalue weighted by molar-refractivity contribution is 5.93. The Labute approximate surface area is 224 Å². The molecule has 3 N–H and O–H groups in total. The van der Waals surface area contributed by atoms with Crippen LogP contribution in [0, 0.1) is 24.8 Å². The van der Waals surface area contributed by atoms with Crippen LogP contribution >= 0.6 is 0 Å². The van der Waals surface area contributed by atoms with Gasteiger partial charge in [0.25, 0.3) is 5.91 Å². The predicted molar refractivity (Wildman–Crippen MR) is 146 cm³/mol. The number of ether oxygens (including phenoxy) is 1. The van der Waals surface area contributed by atoms with Crippen molar-refractivity contribution >= 4 is 17.9 Å². The van der Waals surface area contributed by atoms with E-state index in [1.54, 1.807) is 57.2 Å². The van der Waals surface area contributed by atoms with Gasteiger partial charge in [0, 0.05) is 24.6 Å². The summed E-state index contributed by atoms with van der Waals surface area (Å²) in [5.41, 5.74) is 0.915. The van der Waals surface area contributed by atoms with Gasteiger partial charge in [-0.15, -0.1) is 6.42 Å². The van der Waals surface area contributed by atoms with Crippen molar-refractivity contribution in [3.63, 3.8) is 0 Å². The number of terminal acetylenes is 2. The second-order valence-corrected chi connectivity index (χ2v) is 9.72. The van der Waals surface area contributed by atoms with Crippen molar-refractivity contribution in [2.45, 2.75) is 64.6 Å². The molecule has 0 aromatic heterocycles. The van der Waals surface area contributed by atoms with Crippen molar-refractivity contribution < 1.29 is 24.2 Å². The van der Waals surface area contributed by atoms with Gasteiger partial charge in [0.2, 0.25) is 5.91 Å². The second kappa shape index (κ2) is 13.8. The molecule has 2 atom stereocenters. The fourth-order valence-corrected chi connectivity index (χ4v) is 3.62. The predicted octanol–water partition coefficient (Wildman–Crippen LogP) is 3.89. The average Bonchev–Trinajstić information content (AvgIpc) is 2.86. The van der Waals surface area contributed by atoms with Gasteiger partial charge in [-0.2, -0.15) is 0 Å². The highest BCUT2D eigenvalue weighted by Crippen LogP contribution is 2.24. The molecule has 2 aromatic rings. The van der Waals surface area contributed by atoms with Gasteiger partial charge in [0.05, 0.1) is 0 Å². The minimum absolute atomic E-state index is 0.0384. The molecule has 8 heteroatoms. The molecule has 0 bridgehead atoms. The van der Waals surface area contributed by atoms with Crippen molar-refractivity contribution in [1.82, 2.24) is 15.5 Å². The number of carbonyl (C=O) groups excluding carboxylic acids is 3. The molecule has 0 heterocycles. The van der Waals surface area contributed by atoms with Crippen LogP contribution in [0.1, 0.15) is 63.3 Å². The quantitative estimate of drug-likeness (QED) is 0.252. The molecule has 0 aliphatic rings. The van der Waals surface area contributed by atoms with Crippen molar-refractivity contribution in [3.05, 3.63) is 65.2 Å². The van der Waals surface area contributed by atoms with Crippen molar-refractivity contribution in [2.24, 2.45) is 0 Å². The number of phenolic OH excluding ortho intramolecular Hbond substituents is 1. The van der Waals surface area contributed by atoms with Crippen LogP contribution in [0.3, 0.4) is 0 Å². The second-order valence-electron chi connectivity index (χ2n) is 9.72. The lowest BCUT2D eigenvalue weighted by Crippen LogP contribution is -2.52. The minimum atomic E-state index is -1.17. The van der Waals surface area contributed by atoms with Gasteiger partial charge in [0.15, 0.2) is 0 Å². The van der Waals surface area contributed by atoms with Crippen molar-refractivity contribution in [2.75, 3.05) is 6.54 Å². The van der Waals surface area contributed by atoms with E-state index in [0.717, 1.165) is 17.7 Å². The zero-order valence-electron chi connectivity index (χ0n) is 22.3. The monoisotopic (exact) mass is 517 g/mol. The third kappa shape index (κ3) is 8.90. The molecule has 8 nitrogen and oxygen atoms in total. The molecular weight excluding hydrogens is 482 g/mol. The van der Waals surface area contributed by atoms with E-state index >= 15 is 0 Å². The van der Waals surface area contributed by atoms with Crippen LogP contribution in [-0.2, 0) is 20.7 Å². The molecule has 38 heavy (non-hydrogen) atoms. The number of carbonyl (C=O) groups is 3. The molecule has 0 aliphatic heterocycles. The van der Waals surface area contributed by atoms with Crippen LogP contribution in [0.15, 0.2) is 48.5 Å². The third-order valence-corrected chi connectivity index (χ3v) is 5.47. The molecular formula is C30H35N3O5. The van der Waals surface area contributed by atoms with Crippen LogP contribution in [0.4, 0.5) is 4.79 Å². The lowest BCUT2D eigenvalue weighted by molar-refractivity contribution is -0.138. The van der Waals surface area contributed by atoms with Crippen LogP contribution in [0.5, 0.6) is 5.75 Å². The van der Waals surface area contributed by atoms with E-state index in [1.165, 1.54) is 12.1 Å². The molecule has 2 rings (SSSR count). The minimum Gasteiger partial charge on any atom is -0.508 e. The fraction of sp³-hybridized carbons (Fsp3) is 0.367. The van der Waals surface area contributed by atoms with E-state index in [9.17, 15) is 19.5 Å². The first kappa shape index (κ1) is 29.8. The van der Waals surface area contributed by atoms with Gasteiger partial charge >= 0.3 is 6.09 Å². The van der Waals surface area contributed by atoms with Gasteiger partial charge in [-0.05, 0) is 62.6 Å². The molecule has 3 amide bonds. The number of unbranched alkanes of at least 4 members (excludes halogenated alkanes) is 1. The topological polar surface area (TPSA) is 108 Å². The largest absolute Gasteiger partial charge is 0.508 e. The first-order valence-electron chi connectivity index (χ1n) is 12.4. The van der Waals surface area contributed by atoms with E-state index in [1.807, 2.05) is 6.92 Å².